The number of rotatable bonds is 5. The van der Waals surface area contributed by atoms with Crippen molar-refractivity contribution in [3.05, 3.63) is 59.7 Å². The largest absolute Gasteiger partial charge is 0.494 e. The molecule has 0 N–H and O–H groups in total. The molecule has 0 spiro atoms. The molecule has 1 aliphatic heterocycles. The van der Waals surface area contributed by atoms with E-state index in [-0.39, 0.29) is 18.3 Å². The minimum Gasteiger partial charge on any atom is -0.489 e. The van der Waals surface area contributed by atoms with Crippen molar-refractivity contribution >= 4 is 12.6 Å². The summed E-state index contributed by atoms with van der Waals surface area (Å²) in [5.41, 5.74) is 2.91. The molecule has 0 bridgehead atoms. The van der Waals surface area contributed by atoms with Crippen molar-refractivity contribution in [2.45, 2.75) is 64.3 Å². The maximum atomic E-state index is 6.21. The molecule has 2 fully saturated rings. The van der Waals surface area contributed by atoms with E-state index in [1.807, 2.05) is 18.2 Å². The predicted octanol–water partition coefficient (Wildman–Crippen LogP) is 4.44. The molecule has 26 heavy (non-hydrogen) atoms. The van der Waals surface area contributed by atoms with Gasteiger partial charge in [-0.15, -0.1) is 0 Å². The summed E-state index contributed by atoms with van der Waals surface area (Å²) in [6.07, 6.45) is 2.46. The number of hydrogen-bond donors (Lipinski definition) is 0. The number of benzene rings is 2. The van der Waals surface area contributed by atoms with E-state index in [1.165, 1.54) is 24.0 Å². The van der Waals surface area contributed by atoms with Crippen LogP contribution in [0, 0.1) is 0 Å². The molecule has 3 nitrogen and oxygen atoms in total. The number of hydrogen-bond acceptors (Lipinski definition) is 3. The second-order valence-corrected chi connectivity index (χ2v) is 8.43. The Labute approximate surface area is 156 Å². The van der Waals surface area contributed by atoms with E-state index in [0.717, 1.165) is 11.2 Å². The quantitative estimate of drug-likeness (QED) is 0.746. The third-order valence-corrected chi connectivity index (χ3v) is 5.81. The molecule has 1 saturated carbocycles. The van der Waals surface area contributed by atoms with Crippen molar-refractivity contribution < 1.29 is 14.0 Å². The number of ether oxygens (including phenoxy) is 1. The van der Waals surface area contributed by atoms with Crippen LogP contribution in [0.4, 0.5) is 0 Å². The first-order valence-electron chi connectivity index (χ1n) is 9.52. The maximum absolute atomic E-state index is 6.21. The van der Waals surface area contributed by atoms with E-state index < -0.39 is 0 Å². The van der Waals surface area contributed by atoms with Crippen LogP contribution in [-0.2, 0) is 15.9 Å². The molecule has 2 aromatic carbocycles. The third kappa shape index (κ3) is 3.41. The van der Waals surface area contributed by atoms with Crippen LogP contribution in [0.2, 0.25) is 0 Å². The Morgan fingerprint density at radius 3 is 2.23 bits per heavy atom. The van der Waals surface area contributed by atoms with Crippen LogP contribution < -0.4 is 10.2 Å². The zero-order valence-electron chi connectivity index (χ0n) is 16.1. The SMILES string of the molecule is CC1(C)OB(c2ccc(OCc3ccccc3)c(C3CC3)c2)OC1(C)C. The second-order valence-electron chi connectivity index (χ2n) is 8.43. The molecule has 0 amide bonds. The lowest BCUT2D eigenvalue weighted by Gasteiger charge is -2.32. The lowest BCUT2D eigenvalue weighted by molar-refractivity contribution is 0.00578. The predicted molar refractivity (Wildman–Crippen MR) is 105 cm³/mol. The average Bonchev–Trinajstić information content (AvgIpc) is 3.41. The highest BCUT2D eigenvalue weighted by Crippen LogP contribution is 2.44. The molecule has 0 aromatic heterocycles. The Bertz CT molecular complexity index is 765. The third-order valence-electron chi connectivity index (χ3n) is 5.81. The van der Waals surface area contributed by atoms with Crippen molar-refractivity contribution in [2.75, 3.05) is 0 Å². The van der Waals surface area contributed by atoms with E-state index in [0.29, 0.717) is 12.5 Å². The van der Waals surface area contributed by atoms with Crippen LogP contribution in [0.5, 0.6) is 5.75 Å². The highest BCUT2D eigenvalue weighted by atomic mass is 16.7. The van der Waals surface area contributed by atoms with Crippen molar-refractivity contribution in [3.8, 4) is 5.75 Å². The van der Waals surface area contributed by atoms with Gasteiger partial charge in [-0.1, -0.05) is 42.5 Å². The molecule has 0 unspecified atom stereocenters. The Morgan fingerprint density at radius 1 is 0.962 bits per heavy atom. The van der Waals surface area contributed by atoms with Gasteiger partial charge in [-0.05, 0) is 69.1 Å². The summed E-state index contributed by atoms with van der Waals surface area (Å²) in [5.74, 6) is 1.58. The zero-order valence-corrected chi connectivity index (χ0v) is 16.1. The minimum absolute atomic E-state index is 0.319. The van der Waals surface area contributed by atoms with E-state index >= 15 is 0 Å². The molecule has 2 aliphatic rings. The van der Waals surface area contributed by atoms with Crippen LogP contribution in [-0.4, -0.2) is 18.3 Å². The second kappa shape index (κ2) is 6.43. The zero-order chi connectivity index (χ0) is 18.4. The van der Waals surface area contributed by atoms with Crippen LogP contribution in [0.1, 0.15) is 57.6 Å². The van der Waals surface area contributed by atoms with E-state index in [9.17, 15) is 0 Å². The monoisotopic (exact) mass is 350 g/mol. The average molecular weight is 350 g/mol. The summed E-state index contributed by atoms with van der Waals surface area (Å²) in [6.45, 7) is 8.95. The lowest BCUT2D eigenvalue weighted by atomic mass is 9.78. The smallest absolute Gasteiger partial charge is 0.489 e. The van der Waals surface area contributed by atoms with Gasteiger partial charge in [0.1, 0.15) is 12.4 Å². The van der Waals surface area contributed by atoms with Crippen molar-refractivity contribution in [1.29, 1.82) is 0 Å². The van der Waals surface area contributed by atoms with Gasteiger partial charge in [-0.2, -0.15) is 0 Å². The fraction of sp³-hybridized carbons (Fsp3) is 0.455. The van der Waals surface area contributed by atoms with Crippen molar-refractivity contribution in [3.63, 3.8) is 0 Å². The van der Waals surface area contributed by atoms with Crippen LogP contribution in [0.25, 0.3) is 0 Å². The Morgan fingerprint density at radius 2 is 1.62 bits per heavy atom. The van der Waals surface area contributed by atoms with Gasteiger partial charge in [-0.3, -0.25) is 0 Å². The van der Waals surface area contributed by atoms with E-state index in [1.54, 1.807) is 0 Å². The summed E-state index contributed by atoms with van der Waals surface area (Å²) in [5, 5.41) is 0. The maximum Gasteiger partial charge on any atom is 0.494 e. The fourth-order valence-corrected chi connectivity index (χ4v) is 3.27. The molecule has 2 aromatic rings. The molecule has 1 saturated heterocycles. The van der Waals surface area contributed by atoms with Crippen LogP contribution in [0.15, 0.2) is 48.5 Å². The summed E-state index contributed by atoms with van der Waals surface area (Å²) >= 11 is 0. The molecule has 136 valence electrons. The highest BCUT2D eigenvalue weighted by Gasteiger charge is 2.51. The molecular weight excluding hydrogens is 323 g/mol. The van der Waals surface area contributed by atoms with Crippen molar-refractivity contribution in [2.24, 2.45) is 0 Å². The van der Waals surface area contributed by atoms with E-state index in [4.69, 9.17) is 14.0 Å². The van der Waals surface area contributed by atoms with E-state index in [2.05, 4.69) is 58.0 Å². The Kier molecular flexibility index (Phi) is 4.36. The van der Waals surface area contributed by atoms with Gasteiger partial charge < -0.3 is 14.0 Å². The first-order chi connectivity index (χ1) is 12.4. The molecule has 1 aliphatic carbocycles. The topological polar surface area (TPSA) is 27.7 Å². The van der Waals surface area contributed by atoms with Crippen LogP contribution >= 0.6 is 0 Å². The van der Waals surface area contributed by atoms with Crippen LogP contribution in [0.3, 0.4) is 0 Å². The fourth-order valence-electron chi connectivity index (χ4n) is 3.27. The van der Waals surface area contributed by atoms with Gasteiger partial charge in [0.15, 0.2) is 0 Å². The standard InChI is InChI=1S/C22H27BO3/c1-21(2)22(3,4)26-23(25-21)18-12-13-20(19(14-18)17-10-11-17)24-15-16-8-6-5-7-9-16/h5-9,12-14,17H,10-11,15H2,1-4H3. The van der Waals surface area contributed by atoms with Gasteiger partial charge in [0.05, 0.1) is 11.2 Å². The Hall–Kier alpha value is -1.78. The van der Waals surface area contributed by atoms with Gasteiger partial charge in [0.2, 0.25) is 0 Å². The molecule has 1 heterocycles. The first kappa shape index (κ1) is 17.6. The van der Waals surface area contributed by atoms with Crippen molar-refractivity contribution in [1.82, 2.24) is 0 Å². The summed E-state index contributed by atoms with van der Waals surface area (Å²) in [7, 11) is -0.319. The lowest BCUT2D eigenvalue weighted by Crippen LogP contribution is -2.41. The summed E-state index contributed by atoms with van der Waals surface area (Å²) < 4.78 is 18.6. The summed E-state index contributed by atoms with van der Waals surface area (Å²) in [6, 6.07) is 16.7. The van der Waals surface area contributed by atoms with Gasteiger partial charge in [0.25, 0.3) is 0 Å². The molecule has 4 heteroatoms. The summed E-state index contributed by atoms with van der Waals surface area (Å²) in [4.78, 5) is 0. The Balaban J connectivity index is 1.55. The normalized spacial score (nSPS) is 21.0. The molecule has 0 atom stereocenters. The molecule has 4 rings (SSSR count). The highest BCUT2D eigenvalue weighted by molar-refractivity contribution is 6.62. The van der Waals surface area contributed by atoms with Gasteiger partial charge in [-0.25, -0.2) is 0 Å². The molecular formula is C22H27BO3. The first-order valence-corrected chi connectivity index (χ1v) is 9.52. The minimum atomic E-state index is -0.320. The van der Waals surface area contributed by atoms with Gasteiger partial charge in [0, 0.05) is 0 Å². The van der Waals surface area contributed by atoms with Gasteiger partial charge >= 0.3 is 7.12 Å². The molecule has 0 radical (unpaired) electrons.